The van der Waals surface area contributed by atoms with Gasteiger partial charge in [0.1, 0.15) is 11.4 Å². The fourth-order valence-corrected chi connectivity index (χ4v) is 7.08. The zero-order valence-electron chi connectivity index (χ0n) is 20.4. The Morgan fingerprint density at radius 2 is 2.03 bits per heavy atom. The maximum atomic E-state index is 13.5. The SMILES string of the molecule is O=C1N[C@@]2(CCc3cc(OCC(F)(F)F)ccc32)Cc2nn(CCC3CC3)c(C(=O)NC3CS(=O)(=O)C3)c21. The molecule has 1 saturated heterocycles. The average molecular weight is 553 g/mol. The van der Waals surface area contributed by atoms with Crippen molar-refractivity contribution in [3.05, 3.63) is 46.3 Å². The lowest BCUT2D eigenvalue weighted by atomic mass is 9.82. The Labute approximate surface area is 217 Å². The molecule has 1 aromatic carbocycles. The summed E-state index contributed by atoms with van der Waals surface area (Å²) in [7, 11) is -3.14. The van der Waals surface area contributed by atoms with Gasteiger partial charge in [-0.3, -0.25) is 14.3 Å². The van der Waals surface area contributed by atoms with Gasteiger partial charge in [-0.25, -0.2) is 8.42 Å². The number of aryl methyl sites for hydroxylation is 2. The van der Waals surface area contributed by atoms with Crippen molar-refractivity contribution in [3.8, 4) is 5.75 Å². The van der Waals surface area contributed by atoms with E-state index in [1.807, 2.05) is 0 Å². The number of carbonyl (C=O) groups excluding carboxylic acids is 2. The van der Waals surface area contributed by atoms with Gasteiger partial charge in [0.05, 0.1) is 34.3 Å². The second kappa shape index (κ2) is 8.72. The minimum atomic E-state index is -4.44. The third-order valence-electron chi connectivity index (χ3n) is 7.80. The van der Waals surface area contributed by atoms with Crippen LogP contribution in [0.4, 0.5) is 13.2 Å². The van der Waals surface area contributed by atoms with E-state index in [-0.39, 0.29) is 28.5 Å². The fourth-order valence-electron chi connectivity index (χ4n) is 5.78. The van der Waals surface area contributed by atoms with Crippen molar-refractivity contribution in [1.82, 2.24) is 20.4 Å². The zero-order chi connectivity index (χ0) is 26.9. The molecule has 2 aromatic rings. The summed E-state index contributed by atoms with van der Waals surface area (Å²) in [5.74, 6) is -0.531. The first-order valence-electron chi connectivity index (χ1n) is 12.7. The number of sulfone groups is 1. The number of alkyl halides is 3. The second-order valence-corrected chi connectivity index (χ2v) is 13.0. The van der Waals surface area contributed by atoms with Crippen LogP contribution in [0.1, 0.15) is 63.4 Å². The Bertz CT molecular complexity index is 1420. The highest BCUT2D eigenvalue weighted by atomic mass is 32.2. The number of halogens is 3. The number of rotatable bonds is 7. The molecule has 2 N–H and O–H groups in total. The first-order chi connectivity index (χ1) is 17.9. The summed E-state index contributed by atoms with van der Waals surface area (Å²) in [6.07, 6.45) is 0.0399. The third-order valence-corrected chi connectivity index (χ3v) is 9.62. The van der Waals surface area contributed by atoms with Crippen LogP contribution >= 0.6 is 0 Å². The van der Waals surface area contributed by atoms with E-state index in [1.165, 1.54) is 6.07 Å². The molecular formula is C25H27F3N4O5S. The minimum absolute atomic E-state index is 0.113. The lowest BCUT2D eigenvalue weighted by Gasteiger charge is -2.35. The van der Waals surface area contributed by atoms with Crippen LogP contribution in [0, 0.1) is 5.92 Å². The normalized spacial score (nSPS) is 23.9. The van der Waals surface area contributed by atoms with Gasteiger partial charge in [-0.05, 0) is 48.4 Å². The second-order valence-electron chi connectivity index (χ2n) is 10.8. The summed E-state index contributed by atoms with van der Waals surface area (Å²) < 4.78 is 67.3. The van der Waals surface area contributed by atoms with Gasteiger partial charge in [-0.2, -0.15) is 18.3 Å². The smallest absolute Gasteiger partial charge is 0.422 e. The van der Waals surface area contributed by atoms with Crippen LogP contribution in [0.2, 0.25) is 0 Å². The number of nitrogens with one attached hydrogen (secondary N) is 2. The molecule has 1 atom stereocenters. The third kappa shape index (κ3) is 4.76. The quantitative estimate of drug-likeness (QED) is 0.544. The molecule has 3 heterocycles. The van der Waals surface area contributed by atoms with Crippen molar-refractivity contribution >= 4 is 21.7 Å². The number of aromatic nitrogens is 2. The summed E-state index contributed by atoms with van der Waals surface area (Å²) in [4.78, 5) is 26.8. The number of fused-ring (bicyclic) bond motifs is 3. The molecule has 0 radical (unpaired) electrons. The van der Waals surface area contributed by atoms with Crippen molar-refractivity contribution < 1.29 is 35.9 Å². The van der Waals surface area contributed by atoms with E-state index in [9.17, 15) is 31.2 Å². The summed E-state index contributed by atoms with van der Waals surface area (Å²) >= 11 is 0. The van der Waals surface area contributed by atoms with E-state index in [0.29, 0.717) is 37.4 Å². The van der Waals surface area contributed by atoms with E-state index in [2.05, 4.69) is 10.6 Å². The van der Waals surface area contributed by atoms with Gasteiger partial charge in [0.25, 0.3) is 11.8 Å². The van der Waals surface area contributed by atoms with Gasteiger partial charge < -0.3 is 15.4 Å². The van der Waals surface area contributed by atoms with E-state index in [0.717, 1.165) is 30.4 Å². The molecule has 204 valence electrons. The number of hydrogen-bond donors (Lipinski definition) is 2. The van der Waals surface area contributed by atoms with E-state index in [1.54, 1.807) is 16.8 Å². The molecule has 2 amide bonds. The van der Waals surface area contributed by atoms with Crippen molar-refractivity contribution in [2.24, 2.45) is 5.92 Å². The highest BCUT2D eigenvalue weighted by Gasteiger charge is 2.47. The lowest BCUT2D eigenvalue weighted by molar-refractivity contribution is -0.153. The topological polar surface area (TPSA) is 119 Å². The van der Waals surface area contributed by atoms with Gasteiger partial charge in [0.2, 0.25) is 0 Å². The van der Waals surface area contributed by atoms with Gasteiger partial charge in [-0.15, -0.1) is 0 Å². The molecular weight excluding hydrogens is 525 g/mol. The van der Waals surface area contributed by atoms with Crippen LogP contribution in [0.3, 0.4) is 0 Å². The summed E-state index contributed by atoms with van der Waals surface area (Å²) in [5, 5.41) is 10.5. The molecule has 4 aliphatic rings. The highest BCUT2D eigenvalue weighted by Crippen LogP contribution is 2.44. The van der Waals surface area contributed by atoms with E-state index < -0.39 is 46.0 Å². The number of nitrogens with zero attached hydrogens (tertiary/aromatic N) is 2. The predicted octanol–water partition coefficient (Wildman–Crippen LogP) is 2.28. The number of amides is 2. The maximum absolute atomic E-state index is 13.5. The van der Waals surface area contributed by atoms with Gasteiger partial charge in [0, 0.05) is 13.0 Å². The first-order valence-corrected chi connectivity index (χ1v) is 14.5. The highest BCUT2D eigenvalue weighted by molar-refractivity contribution is 7.92. The number of ether oxygens (including phenoxy) is 1. The molecule has 1 spiro atoms. The molecule has 2 aliphatic heterocycles. The van der Waals surface area contributed by atoms with Crippen LogP contribution < -0.4 is 15.4 Å². The summed E-state index contributed by atoms with van der Waals surface area (Å²) in [6.45, 7) is -0.910. The Balaban J connectivity index is 1.28. The van der Waals surface area contributed by atoms with Gasteiger partial charge >= 0.3 is 6.18 Å². The number of hydrogen-bond acceptors (Lipinski definition) is 6. The fraction of sp³-hybridized carbons (Fsp3) is 0.560. The van der Waals surface area contributed by atoms with Crippen molar-refractivity contribution in [2.75, 3.05) is 18.1 Å². The molecule has 0 unspecified atom stereocenters. The van der Waals surface area contributed by atoms with Crippen molar-refractivity contribution in [3.63, 3.8) is 0 Å². The molecule has 1 aromatic heterocycles. The average Bonchev–Trinajstić information content (AvgIpc) is 3.49. The molecule has 6 rings (SSSR count). The Kier molecular flexibility index (Phi) is 5.78. The number of benzene rings is 1. The first kappa shape index (κ1) is 25.2. The molecule has 13 heteroatoms. The summed E-state index contributed by atoms with van der Waals surface area (Å²) in [6, 6.07) is 4.24. The Morgan fingerprint density at radius 1 is 1.26 bits per heavy atom. The summed E-state index contributed by atoms with van der Waals surface area (Å²) in [5.41, 5.74) is 1.64. The Hall–Kier alpha value is -3.09. The standard InChI is InChI=1S/C25H27F3N4O5S/c26-25(27,28)13-37-17-3-4-18-15(9-17)5-7-24(18)10-19-20(22(33)30-24)21(32(31-19)8-6-14-1-2-14)23(34)29-16-11-38(35,36)12-16/h3-4,9,14,16H,1-2,5-8,10-13H2,(H,29,34)(H,30,33)/t24-/m0/s1. The predicted molar refractivity (Wildman–Crippen MR) is 129 cm³/mol. The lowest BCUT2D eigenvalue weighted by Crippen LogP contribution is -2.54. The Morgan fingerprint density at radius 3 is 2.71 bits per heavy atom. The molecule has 1 saturated carbocycles. The van der Waals surface area contributed by atoms with Crippen LogP contribution in [-0.4, -0.2) is 60.3 Å². The number of carbonyl (C=O) groups is 2. The monoisotopic (exact) mass is 552 g/mol. The zero-order valence-corrected chi connectivity index (χ0v) is 21.3. The van der Waals surface area contributed by atoms with Crippen molar-refractivity contribution in [1.29, 1.82) is 0 Å². The van der Waals surface area contributed by atoms with Crippen LogP contribution in [0.25, 0.3) is 0 Å². The maximum Gasteiger partial charge on any atom is 0.422 e. The van der Waals surface area contributed by atoms with E-state index in [4.69, 9.17) is 9.84 Å². The molecule has 2 fully saturated rings. The minimum Gasteiger partial charge on any atom is -0.484 e. The molecule has 0 bridgehead atoms. The van der Waals surface area contributed by atoms with E-state index >= 15 is 0 Å². The van der Waals surface area contributed by atoms with Crippen LogP contribution in [0.15, 0.2) is 18.2 Å². The molecule has 2 aliphatic carbocycles. The molecule has 9 nitrogen and oxygen atoms in total. The van der Waals surface area contributed by atoms with Gasteiger partial charge in [0.15, 0.2) is 16.4 Å². The molecule has 38 heavy (non-hydrogen) atoms. The van der Waals surface area contributed by atoms with Crippen molar-refractivity contribution in [2.45, 2.75) is 62.8 Å². The van der Waals surface area contributed by atoms with Crippen LogP contribution in [-0.2, 0) is 34.8 Å². The van der Waals surface area contributed by atoms with Crippen LogP contribution in [0.5, 0.6) is 5.75 Å². The van der Waals surface area contributed by atoms with Gasteiger partial charge in [-0.1, -0.05) is 18.9 Å². The largest absolute Gasteiger partial charge is 0.484 e.